The highest BCUT2D eigenvalue weighted by Gasteiger charge is 2.51. The summed E-state index contributed by atoms with van der Waals surface area (Å²) in [6.45, 7) is 4.85. The monoisotopic (exact) mass is 1020 g/mol. The lowest BCUT2D eigenvalue weighted by atomic mass is 9.48. The Morgan fingerprint density at radius 1 is 0.354 bits per heavy atom. The van der Waals surface area contributed by atoms with Crippen LogP contribution >= 0.6 is 0 Å². The lowest BCUT2D eigenvalue weighted by Crippen LogP contribution is -2.48. The maximum atomic E-state index is 2.66. The van der Waals surface area contributed by atoms with Crippen molar-refractivity contribution in [1.29, 1.82) is 0 Å². The second kappa shape index (κ2) is 19.3. The average Bonchev–Trinajstić information content (AvgIpc) is 3.78. The Morgan fingerprint density at radius 3 is 1.38 bits per heavy atom. The summed E-state index contributed by atoms with van der Waals surface area (Å²) in [6, 6.07) is 90.2. The molecule has 0 radical (unpaired) electrons. The molecule has 9 aliphatic rings. The molecule has 0 saturated heterocycles. The molecule has 79 heavy (non-hydrogen) atoms. The molecule has 0 heterocycles. The van der Waals surface area contributed by atoms with E-state index >= 15 is 0 Å². The summed E-state index contributed by atoms with van der Waals surface area (Å²) in [5, 5.41) is 0. The van der Waals surface area contributed by atoms with Gasteiger partial charge in [-0.05, 0) is 208 Å². The molecule has 0 amide bonds. The Kier molecular flexibility index (Phi) is 11.7. The summed E-state index contributed by atoms with van der Waals surface area (Å²) in [6.07, 6.45) is 12.2. The first kappa shape index (κ1) is 48.0. The molecule has 0 aliphatic heterocycles. The molecular formula is C77H68N2. The largest absolute Gasteiger partial charge is 0.310 e. The van der Waals surface area contributed by atoms with Gasteiger partial charge in [-0.2, -0.15) is 0 Å². The average molecular weight is 1020 g/mol. The van der Waals surface area contributed by atoms with Crippen LogP contribution in [0.1, 0.15) is 91.3 Å². The molecule has 2 nitrogen and oxygen atoms in total. The number of hydrogen-bond acceptors (Lipinski definition) is 2. The number of para-hydroxylation sites is 2. The van der Waals surface area contributed by atoms with Crippen LogP contribution in [-0.4, -0.2) is 0 Å². The van der Waals surface area contributed by atoms with Gasteiger partial charge < -0.3 is 9.80 Å². The summed E-state index contributed by atoms with van der Waals surface area (Å²) in [5.41, 5.74) is 27.3. The number of fused-ring (bicyclic) bond motifs is 3. The second-order valence-electron chi connectivity index (χ2n) is 24.6. The molecule has 386 valence electrons. The van der Waals surface area contributed by atoms with Crippen LogP contribution in [0.25, 0.3) is 44.5 Å². The van der Waals surface area contributed by atoms with E-state index in [0.717, 1.165) is 43.4 Å². The van der Waals surface area contributed by atoms with Crippen LogP contribution in [-0.2, 0) is 36.5 Å². The first-order valence-corrected chi connectivity index (χ1v) is 29.4. The molecule has 0 aromatic heterocycles. The van der Waals surface area contributed by atoms with Gasteiger partial charge in [0.15, 0.2) is 0 Å². The number of aryl methyl sites for hydroxylation is 4. The lowest BCUT2D eigenvalue weighted by Gasteiger charge is -2.57. The highest BCUT2D eigenvalue weighted by Crippen LogP contribution is 2.61. The van der Waals surface area contributed by atoms with Crippen LogP contribution in [0, 0.1) is 17.8 Å². The molecular weight excluding hydrogens is 953 g/mol. The zero-order valence-corrected chi connectivity index (χ0v) is 45.7. The van der Waals surface area contributed by atoms with E-state index in [1.807, 2.05) is 0 Å². The number of anilines is 6. The Balaban J connectivity index is 0.866. The van der Waals surface area contributed by atoms with Gasteiger partial charge in [-0.15, -0.1) is 0 Å². The zero-order valence-electron chi connectivity index (χ0n) is 45.7. The molecule has 0 unspecified atom stereocenters. The third-order valence-corrected chi connectivity index (χ3v) is 19.4. The molecule has 2 heteroatoms. The number of benzene rings is 10. The molecule has 0 atom stereocenters. The Hall–Kier alpha value is -8.20. The molecule has 4 saturated carbocycles. The minimum Gasteiger partial charge on any atom is -0.310 e. The molecule has 0 spiro atoms. The van der Waals surface area contributed by atoms with Gasteiger partial charge in [0.25, 0.3) is 0 Å². The van der Waals surface area contributed by atoms with Gasteiger partial charge in [-0.3, -0.25) is 0 Å². The van der Waals surface area contributed by atoms with Gasteiger partial charge in [0.2, 0.25) is 0 Å². The fourth-order valence-corrected chi connectivity index (χ4v) is 16.0. The van der Waals surface area contributed by atoms with Crippen molar-refractivity contribution >= 4 is 34.1 Å². The third-order valence-electron chi connectivity index (χ3n) is 19.4. The van der Waals surface area contributed by atoms with E-state index in [9.17, 15) is 0 Å². The van der Waals surface area contributed by atoms with Crippen molar-refractivity contribution in [2.24, 2.45) is 17.8 Å². The summed E-state index contributed by atoms with van der Waals surface area (Å²) in [4.78, 5) is 5.22. The fraction of sp³-hybridized carbons (Fsp3) is 0.221. The van der Waals surface area contributed by atoms with Crippen molar-refractivity contribution in [1.82, 2.24) is 0 Å². The van der Waals surface area contributed by atoms with Crippen molar-refractivity contribution < 1.29 is 0 Å². The minimum atomic E-state index is -0.229. The van der Waals surface area contributed by atoms with Gasteiger partial charge in [0.05, 0.1) is 5.69 Å². The summed E-state index contributed by atoms with van der Waals surface area (Å²) in [7, 11) is 0. The molecule has 19 rings (SSSR count). The highest BCUT2D eigenvalue weighted by atomic mass is 15.2. The minimum absolute atomic E-state index is 0.229. The second-order valence-corrected chi connectivity index (χ2v) is 24.6. The van der Waals surface area contributed by atoms with Crippen LogP contribution < -0.4 is 9.80 Å². The van der Waals surface area contributed by atoms with Crippen LogP contribution in [0.2, 0.25) is 0 Å². The van der Waals surface area contributed by atoms with E-state index in [-0.39, 0.29) is 5.41 Å². The summed E-state index contributed by atoms with van der Waals surface area (Å²) < 4.78 is 0. The van der Waals surface area contributed by atoms with Crippen molar-refractivity contribution in [3.8, 4) is 44.5 Å². The van der Waals surface area contributed by atoms with E-state index in [1.54, 1.807) is 5.56 Å². The van der Waals surface area contributed by atoms with Crippen molar-refractivity contribution in [3.63, 3.8) is 0 Å². The maximum Gasteiger partial charge on any atom is 0.0618 e. The summed E-state index contributed by atoms with van der Waals surface area (Å²) >= 11 is 0. The van der Waals surface area contributed by atoms with Gasteiger partial charge in [0.1, 0.15) is 0 Å². The van der Waals surface area contributed by atoms with E-state index in [1.165, 1.54) is 151 Å². The Bertz CT molecular complexity index is 3800. The number of nitrogens with zero attached hydrogens (tertiary/aromatic N) is 2. The maximum absolute atomic E-state index is 2.66. The first-order valence-electron chi connectivity index (χ1n) is 29.4. The Morgan fingerprint density at radius 2 is 0.823 bits per heavy atom. The summed E-state index contributed by atoms with van der Waals surface area (Å²) in [5.74, 6) is 2.78. The van der Waals surface area contributed by atoms with E-state index in [4.69, 9.17) is 0 Å². The molecule has 8 bridgehead atoms. The predicted molar refractivity (Wildman–Crippen MR) is 331 cm³/mol. The molecule has 9 aliphatic carbocycles. The predicted octanol–water partition coefficient (Wildman–Crippen LogP) is 20.3. The first-order chi connectivity index (χ1) is 38.8. The molecule has 0 N–H and O–H groups in total. The Labute approximate surface area is 468 Å². The van der Waals surface area contributed by atoms with E-state index < -0.39 is 0 Å². The van der Waals surface area contributed by atoms with Crippen molar-refractivity contribution in [2.75, 3.05) is 9.80 Å². The van der Waals surface area contributed by atoms with Gasteiger partial charge in [-0.25, -0.2) is 0 Å². The van der Waals surface area contributed by atoms with Gasteiger partial charge >= 0.3 is 0 Å². The van der Waals surface area contributed by atoms with Gasteiger partial charge in [-0.1, -0.05) is 202 Å². The van der Waals surface area contributed by atoms with Crippen molar-refractivity contribution in [3.05, 3.63) is 276 Å². The van der Waals surface area contributed by atoms with Crippen LogP contribution in [0.3, 0.4) is 0 Å². The smallest absolute Gasteiger partial charge is 0.0618 e. The highest BCUT2D eigenvalue weighted by molar-refractivity contribution is 6.00. The molecule has 10 aromatic carbocycles. The normalized spacial score (nSPS) is 20.1. The zero-order chi connectivity index (χ0) is 52.7. The molecule has 4 fully saturated rings. The van der Waals surface area contributed by atoms with Crippen molar-refractivity contribution in [2.45, 2.75) is 88.9 Å². The fourth-order valence-electron chi connectivity index (χ4n) is 16.0. The van der Waals surface area contributed by atoms with Crippen LogP contribution in [0.5, 0.6) is 0 Å². The quantitative estimate of drug-likeness (QED) is 0.135. The van der Waals surface area contributed by atoms with E-state index in [2.05, 4.69) is 260 Å². The van der Waals surface area contributed by atoms with E-state index in [0.29, 0.717) is 5.41 Å². The SMILES string of the molecule is CC1(C)c2cc(N(c3cc4ccc3CCc3ccc(c(N(c5ccccc5)c5ccc(C67CC8CC(CC(C8)C6)C7)cc5)c3)CC4)c3c(-c4ccccc4)cccc3-c3ccccc3)ccc2-c2c(-c3ccccc3)cccc21. The van der Waals surface area contributed by atoms with Crippen LogP contribution in [0.4, 0.5) is 34.1 Å². The standard InChI is InChI=1S/C77H68N2/c1-76(2)70-28-16-25-66(57-17-7-3-8-18-57)74(70)69-42-41-65(48-71(69)76)79(75-67(58-19-9-4-10-20-58)26-15-27-68(75)59-21-11-5-12-22-59)73-47-53-30-34-60-33-29-52(31-35-61(73)36-32-53)46-72(60)78(63-23-13-6-14-24-63)64-39-37-62(38-40-64)77-49-54-43-55(50-77)45-56(44-54)51-77/h3-29,32-33,36-42,46-48,54-56H,30-31,34-35,43-45,49-51H2,1-2H3. The van der Waals surface area contributed by atoms with Gasteiger partial charge in [0, 0.05) is 45.0 Å². The van der Waals surface area contributed by atoms with Crippen LogP contribution in [0.15, 0.2) is 237 Å². The number of hydrogen-bond donors (Lipinski definition) is 0. The lowest BCUT2D eigenvalue weighted by molar-refractivity contribution is -0.00518. The topological polar surface area (TPSA) is 6.48 Å². The number of rotatable bonds is 10. The third kappa shape index (κ3) is 8.37. The molecule has 10 aromatic rings.